The van der Waals surface area contributed by atoms with Gasteiger partial charge in [0.15, 0.2) is 0 Å². The van der Waals surface area contributed by atoms with E-state index >= 15 is 0 Å². The number of carbonyl (C=O) groups is 1. The summed E-state index contributed by atoms with van der Waals surface area (Å²) in [5, 5.41) is 13.7. The number of hydrogen-bond donors (Lipinski definition) is 2. The number of aliphatic hydroxyl groups is 1. The molecule has 2 aromatic rings. The standard InChI is InChI=1S/C22H27ClN2O3/c1-2-3-12-28-22-18(15-8-10-17(23)11-9-15)13-16(14-24-22)21(27)25-19-6-4-5-7-20(19)26/h8-11,13-14,19-20,26H,2-7,12H2,1H3,(H,25,27)/t19-,20-/m1/s1. The van der Waals surface area contributed by atoms with E-state index in [1.807, 2.05) is 12.1 Å². The highest BCUT2D eigenvalue weighted by Crippen LogP contribution is 2.30. The molecule has 1 heterocycles. The first-order chi connectivity index (χ1) is 13.6. The normalized spacial score (nSPS) is 19.2. The molecule has 0 bridgehead atoms. The highest BCUT2D eigenvalue weighted by Gasteiger charge is 2.25. The van der Waals surface area contributed by atoms with E-state index in [1.54, 1.807) is 18.2 Å². The fraction of sp³-hybridized carbons (Fsp3) is 0.455. The predicted molar refractivity (Wildman–Crippen MR) is 111 cm³/mol. The van der Waals surface area contributed by atoms with E-state index in [-0.39, 0.29) is 11.9 Å². The SMILES string of the molecule is CCCCOc1ncc(C(=O)N[C@@H]2CCCC[C@H]2O)cc1-c1ccc(Cl)cc1. The minimum absolute atomic E-state index is 0.208. The second kappa shape index (κ2) is 9.89. The van der Waals surface area contributed by atoms with Crippen LogP contribution in [-0.2, 0) is 0 Å². The Hall–Kier alpha value is -2.11. The molecule has 0 saturated heterocycles. The molecule has 2 N–H and O–H groups in total. The number of benzene rings is 1. The van der Waals surface area contributed by atoms with Crippen molar-refractivity contribution in [1.29, 1.82) is 0 Å². The molecule has 1 saturated carbocycles. The van der Waals surface area contributed by atoms with E-state index in [9.17, 15) is 9.90 Å². The van der Waals surface area contributed by atoms with Crippen LogP contribution in [0.4, 0.5) is 0 Å². The van der Waals surface area contributed by atoms with Crippen molar-refractivity contribution in [3.8, 4) is 17.0 Å². The lowest BCUT2D eigenvalue weighted by Gasteiger charge is -2.28. The predicted octanol–water partition coefficient (Wildman–Crippen LogP) is 4.61. The molecule has 1 amide bonds. The summed E-state index contributed by atoms with van der Waals surface area (Å²) < 4.78 is 5.85. The maximum absolute atomic E-state index is 12.7. The number of hydrogen-bond acceptors (Lipinski definition) is 4. The van der Waals surface area contributed by atoms with E-state index in [0.29, 0.717) is 23.1 Å². The van der Waals surface area contributed by atoms with Crippen molar-refractivity contribution in [2.75, 3.05) is 6.61 Å². The Balaban J connectivity index is 1.84. The van der Waals surface area contributed by atoms with Crippen LogP contribution in [0.25, 0.3) is 11.1 Å². The number of amides is 1. The van der Waals surface area contributed by atoms with Gasteiger partial charge < -0.3 is 15.2 Å². The van der Waals surface area contributed by atoms with Crippen molar-refractivity contribution in [3.05, 3.63) is 47.1 Å². The highest BCUT2D eigenvalue weighted by atomic mass is 35.5. The van der Waals surface area contributed by atoms with Crippen molar-refractivity contribution < 1.29 is 14.6 Å². The summed E-state index contributed by atoms with van der Waals surface area (Å²) in [7, 11) is 0. The molecule has 1 fully saturated rings. The number of halogens is 1. The molecule has 1 aliphatic carbocycles. The van der Waals surface area contributed by atoms with Gasteiger partial charge in [0.1, 0.15) is 0 Å². The molecule has 3 rings (SSSR count). The van der Waals surface area contributed by atoms with Crippen LogP contribution in [-0.4, -0.2) is 34.8 Å². The van der Waals surface area contributed by atoms with Crippen molar-refractivity contribution in [3.63, 3.8) is 0 Å². The zero-order valence-corrected chi connectivity index (χ0v) is 16.9. The molecule has 6 heteroatoms. The average molecular weight is 403 g/mol. The van der Waals surface area contributed by atoms with E-state index in [2.05, 4.69) is 17.2 Å². The molecule has 1 aromatic carbocycles. The monoisotopic (exact) mass is 402 g/mol. The lowest BCUT2D eigenvalue weighted by Crippen LogP contribution is -2.45. The van der Waals surface area contributed by atoms with Gasteiger partial charge in [-0.15, -0.1) is 0 Å². The van der Waals surface area contributed by atoms with Crippen LogP contribution < -0.4 is 10.1 Å². The first-order valence-electron chi connectivity index (χ1n) is 9.96. The number of nitrogens with zero attached hydrogens (tertiary/aromatic N) is 1. The van der Waals surface area contributed by atoms with Crippen LogP contribution in [0.1, 0.15) is 55.8 Å². The van der Waals surface area contributed by atoms with Gasteiger partial charge in [-0.05, 0) is 43.0 Å². The minimum atomic E-state index is -0.488. The lowest BCUT2D eigenvalue weighted by molar-refractivity contribution is 0.0717. The first kappa shape index (κ1) is 20.6. The average Bonchev–Trinajstić information content (AvgIpc) is 2.71. The molecule has 5 nitrogen and oxygen atoms in total. The topological polar surface area (TPSA) is 71.5 Å². The van der Waals surface area contributed by atoms with Crippen LogP contribution in [0.5, 0.6) is 5.88 Å². The zero-order valence-electron chi connectivity index (χ0n) is 16.2. The molecule has 0 spiro atoms. The van der Waals surface area contributed by atoms with Crippen LogP contribution >= 0.6 is 11.6 Å². The third-order valence-electron chi connectivity index (χ3n) is 5.05. The Morgan fingerprint density at radius 2 is 2.04 bits per heavy atom. The number of aliphatic hydroxyl groups excluding tert-OH is 1. The van der Waals surface area contributed by atoms with E-state index < -0.39 is 6.10 Å². The molecule has 1 aliphatic rings. The zero-order chi connectivity index (χ0) is 19.9. The third-order valence-corrected chi connectivity index (χ3v) is 5.30. The number of pyridine rings is 1. The summed E-state index contributed by atoms with van der Waals surface area (Å²) in [6.45, 7) is 2.67. The van der Waals surface area contributed by atoms with Gasteiger partial charge in [-0.2, -0.15) is 0 Å². The Morgan fingerprint density at radius 3 is 2.75 bits per heavy atom. The summed E-state index contributed by atoms with van der Waals surface area (Å²) in [6, 6.07) is 8.97. The number of aromatic nitrogens is 1. The molecular formula is C22H27ClN2O3. The fourth-order valence-electron chi connectivity index (χ4n) is 3.37. The van der Waals surface area contributed by atoms with Crippen LogP contribution in [0, 0.1) is 0 Å². The van der Waals surface area contributed by atoms with Crippen LogP contribution in [0.2, 0.25) is 5.02 Å². The van der Waals surface area contributed by atoms with Gasteiger partial charge in [-0.25, -0.2) is 4.98 Å². The van der Waals surface area contributed by atoms with Crippen LogP contribution in [0.3, 0.4) is 0 Å². The van der Waals surface area contributed by atoms with E-state index in [1.165, 1.54) is 6.20 Å². The third kappa shape index (κ3) is 5.24. The van der Waals surface area contributed by atoms with Crippen molar-refractivity contribution >= 4 is 17.5 Å². The van der Waals surface area contributed by atoms with Gasteiger partial charge >= 0.3 is 0 Å². The second-order valence-electron chi connectivity index (χ2n) is 7.22. The number of rotatable bonds is 7. The molecule has 0 unspecified atom stereocenters. The largest absolute Gasteiger partial charge is 0.477 e. The van der Waals surface area contributed by atoms with Crippen molar-refractivity contribution in [2.24, 2.45) is 0 Å². The van der Waals surface area contributed by atoms with Gasteiger partial charge in [-0.3, -0.25) is 4.79 Å². The summed E-state index contributed by atoms with van der Waals surface area (Å²) in [5.74, 6) is 0.277. The van der Waals surface area contributed by atoms with Gasteiger partial charge in [0.2, 0.25) is 5.88 Å². The van der Waals surface area contributed by atoms with Gasteiger partial charge in [-0.1, -0.05) is 49.9 Å². The fourth-order valence-corrected chi connectivity index (χ4v) is 3.50. The molecular weight excluding hydrogens is 376 g/mol. The summed E-state index contributed by atoms with van der Waals surface area (Å²) in [4.78, 5) is 17.1. The second-order valence-corrected chi connectivity index (χ2v) is 7.65. The smallest absolute Gasteiger partial charge is 0.253 e. The van der Waals surface area contributed by atoms with Gasteiger partial charge in [0, 0.05) is 16.8 Å². The number of ether oxygens (including phenoxy) is 1. The number of carbonyl (C=O) groups excluding carboxylic acids is 1. The van der Waals surface area contributed by atoms with Crippen molar-refractivity contribution in [1.82, 2.24) is 10.3 Å². The maximum Gasteiger partial charge on any atom is 0.253 e. The van der Waals surface area contributed by atoms with Gasteiger partial charge in [0.05, 0.1) is 24.3 Å². The quantitative estimate of drug-likeness (QED) is 0.663. The Morgan fingerprint density at radius 1 is 1.29 bits per heavy atom. The Labute approximate surface area is 171 Å². The first-order valence-corrected chi connectivity index (χ1v) is 10.3. The Kier molecular flexibility index (Phi) is 7.29. The van der Waals surface area contributed by atoms with E-state index in [4.69, 9.17) is 16.3 Å². The van der Waals surface area contributed by atoms with E-state index in [0.717, 1.165) is 49.7 Å². The highest BCUT2D eigenvalue weighted by molar-refractivity contribution is 6.30. The lowest BCUT2D eigenvalue weighted by atomic mass is 9.92. The maximum atomic E-state index is 12.7. The summed E-state index contributed by atoms with van der Waals surface area (Å²) >= 11 is 6.01. The number of unbranched alkanes of at least 4 members (excludes halogenated alkanes) is 1. The van der Waals surface area contributed by atoms with Gasteiger partial charge in [0.25, 0.3) is 5.91 Å². The Bertz CT molecular complexity index is 795. The number of nitrogens with one attached hydrogen (secondary N) is 1. The molecule has 150 valence electrons. The summed E-state index contributed by atoms with van der Waals surface area (Å²) in [6.07, 6.45) is 6.54. The van der Waals surface area contributed by atoms with Crippen LogP contribution in [0.15, 0.2) is 36.5 Å². The molecule has 2 atom stereocenters. The molecule has 28 heavy (non-hydrogen) atoms. The molecule has 0 aliphatic heterocycles. The minimum Gasteiger partial charge on any atom is -0.477 e. The molecule has 0 radical (unpaired) electrons. The molecule has 1 aromatic heterocycles. The summed E-state index contributed by atoms with van der Waals surface area (Å²) in [5.41, 5.74) is 2.09. The van der Waals surface area contributed by atoms with Crippen molar-refractivity contribution in [2.45, 2.75) is 57.6 Å².